The average Bonchev–Trinajstić information content (AvgIpc) is 2.31. The molecule has 4 nitrogen and oxygen atoms in total. The highest BCUT2D eigenvalue weighted by Crippen LogP contribution is 2.02. The van der Waals surface area contributed by atoms with Crippen LogP contribution in [0, 0.1) is 11.3 Å². The van der Waals surface area contributed by atoms with E-state index in [2.05, 4.69) is 5.10 Å². The van der Waals surface area contributed by atoms with E-state index in [1.807, 2.05) is 0 Å². The van der Waals surface area contributed by atoms with Crippen molar-refractivity contribution in [1.29, 1.82) is 5.26 Å². The van der Waals surface area contributed by atoms with Gasteiger partial charge in [0.1, 0.15) is 6.07 Å². The van der Waals surface area contributed by atoms with E-state index in [4.69, 9.17) is 21.7 Å². The molecule has 1 aromatic rings. The summed E-state index contributed by atoms with van der Waals surface area (Å²) in [7, 11) is 0. The van der Waals surface area contributed by atoms with E-state index >= 15 is 0 Å². The van der Waals surface area contributed by atoms with Crippen molar-refractivity contribution >= 4 is 11.6 Å². The Balaban J connectivity index is 2.52. The Hall–Kier alpha value is -1.21. The van der Waals surface area contributed by atoms with E-state index in [9.17, 15) is 0 Å². The van der Waals surface area contributed by atoms with Gasteiger partial charge in [-0.2, -0.15) is 5.26 Å². The summed E-state index contributed by atoms with van der Waals surface area (Å²) in [5.74, 6) is 0. The molecule has 0 bridgehead atoms. The summed E-state index contributed by atoms with van der Waals surface area (Å²) in [4.78, 5) is 5.88. The van der Waals surface area contributed by atoms with E-state index < -0.39 is 0 Å². The van der Waals surface area contributed by atoms with Crippen LogP contribution in [0.4, 0.5) is 0 Å². The van der Waals surface area contributed by atoms with E-state index in [1.165, 1.54) is 12.4 Å². The van der Waals surface area contributed by atoms with Crippen LogP contribution in [0.2, 0.25) is 5.02 Å². The topological polar surface area (TPSA) is 50.8 Å². The van der Waals surface area contributed by atoms with E-state index in [0.29, 0.717) is 5.02 Å². The molecular weight excluding hydrogens is 154 g/mol. The van der Waals surface area contributed by atoms with Gasteiger partial charge in [-0.25, -0.2) is 0 Å². The third kappa shape index (κ3) is 1.64. The van der Waals surface area contributed by atoms with Gasteiger partial charge in [-0.15, -0.1) is 9.94 Å². The lowest BCUT2D eigenvalue weighted by Gasteiger charge is -1.95. The molecule has 0 unspecified atom stereocenters. The highest BCUT2D eigenvalue weighted by Gasteiger charge is 1.92. The van der Waals surface area contributed by atoms with Crippen LogP contribution >= 0.6 is 11.6 Å². The number of rotatable bonds is 2. The summed E-state index contributed by atoms with van der Waals surface area (Å²) in [6.45, 7) is -0.0298. The van der Waals surface area contributed by atoms with Crippen LogP contribution in [0.15, 0.2) is 12.4 Å². The van der Waals surface area contributed by atoms with E-state index in [1.54, 1.807) is 6.07 Å². The molecule has 1 rings (SSSR count). The van der Waals surface area contributed by atoms with Crippen LogP contribution in [0.25, 0.3) is 0 Å². The number of nitrogens with zero attached hydrogens (tertiary/aromatic N) is 3. The minimum atomic E-state index is -0.0298. The lowest BCUT2D eigenvalue weighted by Crippen LogP contribution is -2.11. The molecule has 0 aliphatic rings. The van der Waals surface area contributed by atoms with Gasteiger partial charge in [-0.3, -0.25) is 0 Å². The van der Waals surface area contributed by atoms with Gasteiger partial charge < -0.3 is 4.84 Å². The van der Waals surface area contributed by atoms with Gasteiger partial charge in [0, 0.05) is 0 Å². The molecule has 0 N–H and O–H groups in total. The summed E-state index contributed by atoms with van der Waals surface area (Å²) >= 11 is 5.49. The zero-order valence-corrected chi connectivity index (χ0v) is 5.75. The first-order chi connectivity index (χ1) is 4.83. The molecule has 1 heterocycles. The fourth-order valence-corrected chi connectivity index (χ4v) is 0.577. The zero-order valence-electron chi connectivity index (χ0n) is 4.99. The number of nitriles is 1. The first kappa shape index (κ1) is 6.90. The maximum absolute atomic E-state index is 8.09. The van der Waals surface area contributed by atoms with Crippen molar-refractivity contribution in [3.63, 3.8) is 0 Å². The van der Waals surface area contributed by atoms with Crippen LogP contribution in [0.5, 0.6) is 0 Å². The maximum atomic E-state index is 8.09. The summed E-state index contributed by atoms with van der Waals surface area (Å²) in [6.07, 6.45) is 2.90. The Morgan fingerprint density at radius 3 is 3.20 bits per heavy atom. The predicted octanol–water partition coefficient (Wildman–Crippen LogP) is 0.489. The van der Waals surface area contributed by atoms with Gasteiger partial charge in [0.15, 0.2) is 0 Å². The average molecular weight is 158 g/mol. The third-order valence-electron chi connectivity index (χ3n) is 0.790. The molecule has 0 aromatic carbocycles. The fourth-order valence-electron chi connectivity index (χ4n) is 0.450. The molecule has 0 saturated heterocycles. The monoisotopic (exact) mass is 157 g/mol. The first-order valence-corrected chi connectivity index (χ1v) is 2.91. The second kappa shape index (κ2) is 3.08. The highest BCUT2D eigenvalue weighted by molar-refractivity contribution is 6.30. The predicted molar refractivity (Wildman–Crippen MR) is 34.3 cm³/mol. The van der Waals surface area contributed by atoms with Crippen molar-refractivity contribution in [2.45, 2.75) is 0 Å². The molecule has 5 heteroatoms. The molecule has 0 fully saturated rings. The number of aromatic nitrogens is 2. The van der Waals surface area contributed by atoms with Gasteiger partial charge in [0.2, 0.25) is 6.61 Å². The molecule has 0 amide bonds. The molecule has 52 valence electrons. The Morgan fingerprint density at radius 1 is 1.90 bits per heavy atom. The van der Waals surface area contributed by atoms with Gasteiger partial charge in [0.05, 0.1) is 17.4 Å². The molecule has 0 aliphatic heterocycles. The molecule has 0 saturated carbocycles. The normalized spacial score (nSPS) is 8.80. The van der Waals surface area contributed by atoms with Crippen molar-refractivity contribution in [3.05, 3.63) is 17.4 Å². The fraction of sp³-hybridized carbons (Fsp3) is 0.200. The lowest BCUT2D eigenvalue weighted by molar-refractivity contribution is 0.107. The van der Waals surface area contributed by atoms with Crippen LogP contribution < -0.4 is 4.84 Å². The van der Waals surface area contributed by atoms with Crippen LogP contribution in [0.1, 0.15) is 0 Å². The maximum Gasteiger partial charge on any atom is 0.202 e. The van der Waals surface area contributed by atoms with Gasteiger partial charge in [-0.05, 0) is 0 Å². The number of hydrogen-bond donors (Lipinski definition) is 0. The van der Waals surface area contributed by atoms with Crippen molar-refractivity contribution < 1.29 is 4.84 Å². The number of hydrogen-bond acceptors (Lipinski definition) is 3. The second-order valence-electron chi connectivity index (χ2n) is 1.49. The summed E-state index contributed by atoms with van der Waals surface area (Å²) in [6, 6.07) is 1.80. The summed E-state index contributed by atoms with van der Waals surface area (Å²) in [5, 5.41) is 12.2. The number of halogens is 1. The lowest BCUT2D eigenvalue weighted by atomic mass is 10.7. The van der Waals surface area contributed by atoms with Gasteiger partial charge in [-0.1, -0.05) is 11.6 Å². The minimum Gasteiger partial charge on any atom is -0.381 e. The zero-order chi connectivity index (χ0) is 7.40. The van der Waals surface area contributed by atoms with Crippen molar-refractivity contribution in [3.8, 4) is 6.07 Å². The summed E-state index contributed by atoms with van der Waals surface area (Å²) in [5.41, 5.74) is 0. The molecule has 0 atom stereocenters. The third-order valence-corrected chi connectivity index (χ3v) is 0.985. The highest BCUT2D eigenvalue weighted by atomic mass is 35.5. The molecule has 10 heavy (non-hydrogen) atoms. The Bertz CT molecular complexity index is 252. The van der Waals surface area contributed by atoms with E-state index in [-0.39, 0.29) is 6.61 Å². The smallest absolute Gasteiger partial charge is 0.202 e. The first-order valence-electron chi connectivity index (χ1n) is 2.53. The minimum absolute atomic E-state index is 0.0298. The SMILES string of the molecule is N#CCOn1cc(Cl)cn1. The van der Waals surface area contributed by atoms with Gasteiger partial charge in [0.25, 0.3) is 0 Å². The van der Waals surface area contributed by atoms with Crippen LogP contribution in [0.3, 0.4) is 0 Å². The summed E-state index contributed by atoms with van der Waals surface area (Å²) < 4.78 is 0. The molecule has 0 spiro atoms. The Labute approximate surface area is 62.5 Å². The molecule has 0 radical (unpaired) electrons. The van der Waals surface area contributed by atoms with Crippen molar-refractivity contribution in [2.75, 3.05) is 6.61 Å². The Morgan fingerprint density at radius 2 is 2.70 bits per heavy atom. The molecule has 0 aliphatic carbocycles. The second-order valence-corrected chi connectivity index (χ2v) is 1.93. The van der Waals surface area contributed by atoms with Crippen molar-refractivity contribution in [2.24, 2.45) is 0 Å². The molecular formula is C5H4ClN3O. The molecule has 1 aromatic heterocycles. The van der Waals surface area contributed by atoms with E-state index in [0.717, 1.165) is 4.85 Å². The van der Waals surface area contributed by atoms with Crippen LogP contribution in [-0.4, -0.2) is 16.6 Å². The largest absolute Gasteiger partial charge is 0.381 e. The standard InChI is InChI=1S/C5H4ClN3O/c6-5-3-8-9(4-5)10-2-1-7/h3-4H,2H2. The Kier molecular flexibility index (Phi) is 2.13. The van der Waals surface area contributed by atoms with Crippen molar-refractivity contribution in [1.82, 2.24) is 9.94 Å². The van der Waals surface area contributed by atoms with Gasteiger partial charge >= 0.3 is 0 Å². The van der Waals surface area contributed by atoms with Crippen LogP contribution in [-0.2, 0) is 0 Å². The quantitative estimate of drug-likeness (QED) is 0.628.